The number of methoxy groups -OCH3 is 1. The van der Waals surface area contributed by atoms with Crippen LogP contribution in [0.1, 0.15) is 16.2 Å². The van der Waals surface area contributed by atoms with Crippen LogP contribution >= 0.6 is 11.6 Å². The lowest BCUT2D eigenvalue weighted by Gasteiger charge is -2.06. The molecular formula is C7H4ClF3N2O2. The second-order valence-corrected chi connectivity index (χ2v) is 2.74. The summed E-state index contributed by atoms with van der Waals surface area (Å²) in [7, 11) is 1.05. The van der Waals surface area contributed by atoms with Crippen LogP contribution in [0.25, 0.3) is 0 Å². The molecule has 0 saturated heterocycles. The highest BCUT2D eigenvalue weighted by Gasteiger charge is 2.34. The van der Waals surface area contributed by atoms with Crippen molar-refractivity contribution in [1.82, 2.24) is 9.97 Å². The molecule has 1 rings (SSSR count). The summed E-state index contributed by atoms with van der Waals surface area (Å²) in [5.41, 5.74) is -1.72. The zero-order valence-corrected chi connectivity index (χ0v) is 8.06. The van der Waals surface area contributed by atoms with Gasteiger partial charge < -0.3 is 4.74 Å². The molecule has 0 unspecified atom stereocenters. The van der Waals surface area contributed by atoms with E-state index < -0.39 is 28.7 Å². The monoisotopic (exact) mass is 240 g/mol. The normalized spacial score (nSPS) is 11.3. The molecule has 0 radical (unpaired) electrons. The number of hydrogen-bond acceptors (Lipinski definition) is 4. The Morgan fingerprint density at radius 2 is 2.13 bits per heavy atom. The summed E-state index contributed by atoms with van der Waals surface area (Å²) in [5, 5.41) is -0.642. The van der Waals surface area contributed by atoms with Crippen LogP contribution in [-0.2, 0) is 10.9 Å². The van der Waals surface area contributed by atoms with Crippen LogP contribution in [0.2, 0.25) is 5.15 Å². The fourth-order valence-electron chi connectivity index (χ4n) is 0.737. The van der Waals surface area contributed by atoms with Crippen LogP contribution in [0.5, 0.6) is 0 Å². The third-order valence-corrected chi connectivity index (χ3v) is 1.66. The molecule has 0 atom stereocenters. The predicted octanol–water partition coefficient (Wildman–Crippen LogP) is 1.94. The topological polar surface area (TPSA) is 52.1 Å². The van der Waals surface area contributed by atoms with Gasteiger partial charge in [0.25, 0.3) is 0 Å². The van der Waals surface area contributed by atoms with Crippen molar-refractivity contribution in [1.29, 1.82) is 0 Å². The molecule has 0 aliphatic heterocycles. The summed E-state index contributed by atoms with van der Waals surface area (Å²) in [6.07, 6.45) is -4.23. The SMILES string of the molecule is COC(=O)c1ncc(C(F)(F)F)nc1Cl. The van der Waals surface area contributed by atoms with Crippen molar-refractivity contribution < 1.29 is 22.7 Å². The van der Waals surface area contributed by atoms with E-state index in [2.05, 4.69) is 14.7 Å². The van der Waals surface area contributed by atoms with E-state index >= 15 is 0 Å². The van der Waals surface area contributed by atoms with E-state index in [-0.39, 0.29) is 0 Å². The minimum Gasteiger partial charge on any atom is -0.464 e. The van der Waals surface area contributed by atoms with Gasteiger partial charge in [-0.05, 0) is 0 Å². The van der Waals surface area contributed by atoms with Gasteiger partial charge in [0.2, 0.25) is 0 Å². The van der Waals surface area contributed by atoms with E-state index in [0.29, 0.717) is 6.20 Å². The van der Waals surface area contributed by atoms with Crippen LogP contribution in [-0.4, -0.2) is 23.0 Å². The number of aromatic nitrogens is 2. The summed E-state index contributed by atoms with van der Waals surface area (Å²) in [6, 6.07) is 0. The van der Waals surface area contributed by atoms with Crippen molar-refractivity contribution in [2.24, 2.45) is 0 Å². The third kappa shape index (κ3) is 2.56. The Bertz CT molecular complexity index is 394. The fraction of sp³-hybridized carbons (Fsp3) is 0.286. The maximum Gasteiger partial charge on any atom is 0.434 e. The van der Waals surface area contributed by atoms with Gasteiger partial charge in [0.1, 0.15) is 0 Å². The Hall–Kier alpha value is -1.37. The van der Waals surface area contributed by atoms with Gasteiger partial charge in [-0.3, -0.25) is 0 Å². The zero-order valence-electron chi connectivity index (χ0n) is 7.30. The molecule has 1 heterocycles. The van der Waals surface area contributed by atoms with Gasteiger partial charge in [0.15, 0.2) is 16.5 Å². The van der Waals surface area contributed by atoms with Crippen molar-refractivity contribution in [3.05, 3.63) is 22.7 Å². The Labute approximate surface area is 87.0 Å². The van der Waals surface area contributed by atoms with E-state index in [1.807, 2.05) is 0 Å². The number of rotatable bonds is 1. The molecule has 0 spiro atoms. The Balaban J connectivity index is 3.15. The average Bonchev–Trinajstić information content (AvgIpc) is 2.15. The maximum atomic E-state index is 12.1. The first-order valence-electron chi connectivity index (χ1n) is 3.54. The largest absolute Gasteiger partial charge is 0.464 e. The molecule has 0 amide bonds. The number of halogens is 4. The zero-order chi connectivity index (χ0) is 11.6. The van der Waals surface area contributed by atoms with E-state index in [0.717, 1.165) is 7.11 Å². The van der Waals surface area contributed by atoms with Gasteiger partial charge in [0, 0.05) is 0 Å². The molecule has 4 nitrogen and oxygen atoms in total. The van der Waals surface area contributed by atoms with Gasteiger partial charge in [-0.1, -0.05) is 11.6 Å². The van der Waals surface area contributed by atoms with Crippen LogP contribution in [0.15, 0.2) is 6.20 Å². The van der Waals surface area contributed by atoms with Crippen LogP contribution in [0.4, 0.5) is 13.2 Å². The van der Waals surface area contributed by atoms with Crippen LogP contribution < -0.4 is 0 Å². The molecule has 0 fully saturated rings. The van der Waals surface area contributed by atoms with Gasteiger partial charge >= 0.3 is 12.1 Å². The van der Waals surface area contributed by atoms with Gasteiger partial charge in [-0.15, -0.1) is 0 Å². The molecule has 8 heteroatoms. The first-order valence-corrected chi connectivity index (χ1v) is 3.92. The molecule has 0 aliphatic carbocycles. The Morgan fingerprint density at radius 3 is 2.53 bits per heavy atom. The fourth-order valence-corrected chi connectivity index (χ4v) is 0.954. The third-order valence-electron chi connectivity index (χ3n) is 1.40. The number of carbonyl (C=O) groups is 1. The number of ether oxygens (including phenoxy) is 1. The van der Waals surface area contributed by atoms with Crippen molar-refractivity contribution in [2.45, 2.75) is 6.18 Å². The molecule has 0 saturated carbocycles. The average molecular weight is 241 g/mol. The smallest absolute Gasteiger partial charge is 0.434 e. The lowest BCUT2D eigenvalue weighted by molar-refractivity contribution is -0.141. The molecule has 1 aromatic heterocycles. The quantitative estimate of drug-likeness (QED) is 0.704. The predicted molar refractivity (Wildman–Crippen MR) is 43.4 cm³/mol. The second kappa shape index (κ2) is 4.01. The number of alkyl halides is 3. The molecule has 0 aliphatic rings. The van der Waals surface area contributed by atoms with E-state index in [1.54, 1.807) is 0 Å². The summed E-state index contributed by atoms with van der Waals surface area (Å²) in [4.78, 5) is 17.1. The molecule has 0 bridgehead atoms. The standard InChI is InChI=1S/C7H4ClF3N2O2/c1-15-6(14)4-5(8)13-3(2-12-4)7(9,10)11/h2H,1H3. The van der Waals surface area contributed by atoms with E-state index in [4.69, 9.17) is 11.6 Å². The molecule has 0 N–H and O–H groups in total. The van der Waals surface area contributed by atoms with Crippen molar-refractivity contribution in [3.63, 3.8) is 0 Å². The first-order chi connectivity index (χ1) is 6.86. The summed E-state index contributed by atoms with van der Waals surface area (Å²) < 4.78 is 40.6. The maximum absolute atomic E-state index is 12.1. The highest BCUT2D eigenvalue weighted by molar-refractivity contribution is 6.32. The molecule has 82 valence electrons. The lowest BCUT2D eigenvalue weighted by Crippen LogP contribution is -2.13. The number of esters is 1. The summed E-state index contributed by atoms with van der Waals surface area (Å²) >= 11 is 5.33. The molecular weight excluding hydrogens is 237 g/mol. The Kier molecular flexibility index (Phi) is 3.13. The molecule has 15 heavy (non-hydrogen) atoms. The number of carbonyl (C=O) groups excluding carboxylic acids is 1. The van der Waals surface area contributed by atoms with Crippen molar-refractivity contribution in [2.75, 3.05) is 7.11 Å². The summed E-state index contributed by atoms with van der Waals surface area (Å²) in [5.74, 6) is -0.943. The minimum atomic E-state index is -4.65. The van der Waals surface area contributed by atoms with Crippen LogP contribution in [0, 0.1) is 0 Å². The highest BCUT2D eigenvalue weighted by atomic mass is 35.5. The highest BCUT2D eigenvalue weighted by Crippen LogP contribution is 2.28. The lowest BCUT2D eigenvalue weighted by atomic mass is 10.4. The van der Waals surface area contributed by atoms with E-state index in [1.165, 1.54) is 0 Å². The van der Waals surface area contributed by atoms with Gasteiger partial charge in [0.05, 0.1) is 13.3 Å². The number of hydrogen-bond donors (Lipinski definition) is 0. The molecule has 0 aromatic carbocycles. The number of nitrogens with zero attached hydrogens (tertiary/aromatic N) is 2. The van der Waals surface area contributed by atoms with Crippen molar-refractivity contribution >= 4 is 17.6 Å². The van der Waals surface area contributed by atoms with Crippen molar-refractivity contribution in [3.8, 4) is 0 Å². The minimum absolute atomic E-state index is 0.415. The second-order valence-electron chi connectivity index (χ2n) is 2.38. The van der Waals surface area contributed by atoms with Crippen LogP contribution in [0.3, 0.4) is 0 Å². The Morgan fingerprint density at radius 1 is 1.53 bits per heavy atom. The first kappa shape index (κ1) is 11.7. The molecule has 1 aromatic rings. The summed E-state index contributed by atoms with van der Waals surface area (Å²) in [6.45, 7) is 0. The van der Waals surface area contributed by atoms with E-state index in [9.17, 15) is 18.0 Å². The van der Waals surface area contributed by atoms with Gasteiger partial charge in [-0.25, -0.2) is 14.8 Å². The van der Waals surface area contributed by atoms with Gasteiger partial charge in [-0.2, -0.15) is 13.2 Å².